The topological polar surface area (TPSA) is 91.7 Å². The van der Waals surface area contributed by atoms with Crippen LogP contribution in [-0.4, -0.2) is 48.8 Å². The number of nitrogens with zero attached hydrogens (tertiary/aromatic N) is 1. The summed E-state index contributed by atoms with van der Waals surface area (Å²) in [7, 11) is 0. The minimum Gasteiger partial charge on any atom is -0.459 e. The van der Waals surface area contributed by atoms with Crippen molar-refractivity contribution in [3.8, 4) is 0 Å². The van der Waals surface area contributed by atoms with E-state index >= 15 is 0 Å². The Morgan fingerprint density at radius 3 is 2.50 bits per heavy atom. The summed E-state index contributed by atoms with van der Waals surface area (Å²) in [6.07, 6.45) is 2.75. The summed E-state index contributed by atoms with van der Waals surface area (Å²) < 4.78 is 5.10. The van der Waals surface area contributed by atoms with Gasteiger partial charge in [0, 0.05) is 39.0 Å². The molecule has 0 saturated carbocycles. The van der Waals surface area contributed by atoms with Gasteiger partial charge in [-0.2, -0.15) is 0 Å². The molecule has 0 spiro atoms. The van der Waals surface area contributed by atoms with Crippen LogP contribution in [0.5, 0.6) is 0 Å². The molecule has 0 aromatic carbocycles. The van der Waals surface area contributed by atoms with Crippen molar-refractivity contribution in [2.24, 2.45) is 5.92 Å². The summed E-state index contributed by atoms with van der Waals surface area (Å²) in [5.41, 5.74) is 0. The van der Waals surface area contributed by atoms with Crippen molar-refractivity contribution in [1.29, 1.82) is 0 Å². The van der Waals surface area contributed by atoms with Crippen LogP contribution < -0.4 is 10.6 Å². The second-order valence-corrected chi connectivity index (χ2v) is 5.32. The van der Waals surface area contributed by atoms with Gasteiger partial charge in [-0.1, -0.05) is 0 Å². The van der Waals surface area contributed by atoms with Gasteiger partial charge in [0.15, 0.2) is 5.76 Å². The van der Waals surface area contributed by atoms with E-state index in [1.54, 1.807) is 17.0 Å². The Hall–Kier alpha value is -2.31. The Morgan fingerprint density at radius 1 is 1.23 bits per heavy atom. The normalized spacial score (nSPS) is 15.4. The quantitative estimate of drug-likeness (QED) is 0.770. The van der Waals surface area contributed by atoms with Gasteiger partial charge in [-0.25, -0.2) is 0 Å². The van der Waals surface area contributed by atoms with Crippen LogP contribution >= 0.6 is 0 Å². The fourth-order valence-corrected chi connectivity index (χ4v) is 2.47. The SMILES string of the molecule is CC(=O)NCCNC(=O)C1CCN(C(=O)c2ccco2)CC1. The summed E-state index contributed by atoms with van der Waals surface area (Å²) in [6.45, 7) is 3.38. The summed E-state index contributed by atoms with van der Waals surface area (Å²) in [6, 6.07) is 3.33. The molecule has 22 heavy (non-hydrogen) atoms. The van der Waals surface area contributed by atoms with Crippen LogP contribution in [0, 0.1) is 5.92 Å². The number of amides is 3. The molecule has 2 N–H and O–H groups in total. The molecule has 120 valence electrons. The number of nitrogens with one attached hydrogen (secondary N) is 2. The Labute approximate surface area is 129 Å². The highest BCUT2D eigenvalue weighted by molar-refractivity contribution is 5.91. The monoisotopic (exact) mass is 307 g/mol. The molecule has 0 atom stereocenters. The van der Waals surface area contributed by atoms with Crippen molar-refractivity contribution in [2.45, 2.75) is 19.8 Å². The van der Waals surface area contributed by atoms with Crippen LogP contribution in [0.25, 0.3) is 0 Å². The maximum Gasteiger partial charge on any atom is 0.289 e. The standard InChI is InChI=1S/C15H21N3O4/c1-11(19)16-6-7-17-14(20)12-4-8-18(9-5-12)15(21)13-3-2-10-22-13/h2-3,10,12H,4-9H2,1H3,(H,16,19)(H,17,20). The molecule has 0 bridgehead atoms. The molecule has 3 amide bonds. The average molecular weight is 307 g/mol. The molecule has 2 rings (SSSR count). The van der Waals surface area contributed by atoms with Gasteiger partial charge in [0.2, 0.25) is 11.8 Å². The third-order valence-corrected chi connectivity index (χ3v) is 3.68. The van der Waals surface area contributed by atoms with Gasteiger partial charge in [-0.3, -0.25) is 14.4 Å². The molecule has 1 aromatic rings. The van der Waals surface area contributed by atoms with Gasteiger partial charge in [0.1, 0.15) is 0 Å². The maximum atomic E-state index is 12.1. The lowest BCUT2D eigenvalue weighted by Gasteiger charge is -2.30. The van der Waals surface area contributed by atoms with Gasteiger partial charge in [-0.15, -0.1) is 0 Å². The number of likely N-dealkylation sites (tertiary alicyclic amines) is 1. The first kappa shape index (κ1) is 16.1. The molecule has 0 radical (unpaired) electrons. The van der Waals surface area contributed by atoms with E-state index in [0.29, 0.717) is 44.8 Å². The predicted octanol–water partition coefficient (Wildman–Crippen LogP) is 0.384. The minimum atomic E-state index is -0.130. The van der Waals surface area contributed by atoms with E-state index < -0.39 is 0 Å². The number of furan rings is 1. The summed E-state index contributed by atoms with van der Waals surface area (Å²) >= 11 is 0. The molecule has 0 aliphatic carbocycles. The molecule has 7 nitrogen and oxygen atoms in total. The maximum absolute atomic E-state index is 12.1. The fraction of sp³-hybridized carbons (Fsp3) is 0.533. The molecule has 1 fully saturated rings. The van der Waals surface area contributed by atoms with E-state index in [1.165, 1.54) is 13.2 Å². The zero-order valence-corrected chi connectivity index (χ0v) is 12.6. The summed E-state index contributed by atoms with van der Waals surface area (Å²) in [5, 5.41) is 5.43. The van der Waals surface area contributed by atoms with Gasteiger partial charge in [-0.05, 0) is 25.0 Å². The Bertz CT molecular complexity index is 519. The summed E-state index contributed by atoms with van der Waals surface area (Å²) in [5.74, 6) is -0.0138. The Morgan fingerprint density at radius 2 is 1.91 bits per heavy atom. The second kappa shape index (κ2) is 7.63. The highest BCUT2D eigenvalue weighted by Gasteiger charge is 2.28. The molecule has 0 unspecified atom stereocenters. The second-order valence-electron chi connectivity index (χ2n) is 5.32. The predicted molar refractivity (Wildman–Crippen MR) is 79.0 cm³/mol. The van der Waals surface area contributed by atoms with Gasteiger partial charge in [0.25, 0.3) is 5.91 Å². The molecular formula is C15H21N3O4. The number of carbonyl (C=O) groups excluding carboxylic acids is 3. The zero-order chi connectivity index (χ0) is 15.9. The zero-order valence-electron chi connectivity index (χ0n) is 12.6. The molecule has 7 heteroatoms. The van der Waals surface area contributed by atoms with Gasteiger partial charge in [0.05, 0.1) is 6.26 Å². The average Bonchev–Trinajstić information content (AvgIpc) is 3.05. The van der Waals surface area contributed by atoms with Crippen molar-refractivity contribution in [1.82, 2.24) is 15.5 Å². The molecule has 1 aliphatic heterocycles. The lowest BCUT2D eigenvalue weighted by Crippen LogP contribution is -2.44. The van der Waals surface area contributed by atoms with Gasteiger partial charge < -0.3 is 20.0 Å². The Kier molecular flexibility index (Phi) is 5.57. The van der Waals surface area contributed by atoms with E-state index in [2.05, 4.69) is 10.6 Å². The molecule has 1 aromatic heterocycles. The van der Waals surface area contributed by atoms with Crippen molar-refractivity contribution in [3.63, 3.8) is 0 Å². The number of hydrogen-bond acceptors (Lipinski definition) is 4. The highest BCUT2D eigenvalue weighted by Crippen LogP contribution is 2.19. The van der Waals surface area contributed by atoms with Crippen molar-refractivity contribution < 1.29 is 18.8 Å². The van der Waals surface area contributed by atoms with E-state index in [-0.39, 0.29) is 23.6 Å². The molecule has 1 saturated heterocycles. The van der Waals surface area contributed by atoms with Crippen molar-refractivity contribution in [3.05, 3.63) is 24.2 Å². The van der Waals surface area contributed by atoms with Gasteiger partial charge >= 0.3 is 0 Å². The van der Waals surface area contributed by atoms with Crippen LogP contribution in [0.3, 0.4) is 0 Å². The third kappa shape index (κ3) is 4.34. The van der Waals surface area contributed by atoms with Crippen LogP contribution in [0.1, 0.15) is 30.3 Å². The first-order valence-corrected chi connectivity index (χ1v) is 7.43. The van der Waals surface area contributed by atoms with Crippen molar-refractivity contribution >= 4 is 17.7 Å². The largest absolute Gasteiger partial charge is 0.459 e. The van der Waals surface area contributed by atoms with Crippen LogP contribution in [0.4, 0.5) is 0 Å². The number of hydrogen-bond donors (Lipinski definition) is 2. The van der Waals surface area contributed by atoms with E-state index in [4.69, 9.17) is 4.42 Å². The number of rotatable bonds is 5. The number of piperidine rings is 1. The summed E-state index contributed by atoms with van der Waals surface area (Å²) in [4.78, 5) is 36.5. The Balaban J connectivity index is 1.71. The van der Waals surface area contributed by atoms with Crippen LogP contribution in [-0.2, 0) is 9.59 Å². The van der Waals surface area contributed by atoms with E-state index in [9.17, 15) is 14.4 Å². The van der Waals surface area contributed by atoms with Crippen LogP contribution in [0.2, 0.25) is 0 Å². The highest BCUT2D eigenvalue weighted by atomic mass is 16.3. The smallest absolute Gasteiger partial charge is 0.289 e. The molecular weight excluding hydrogens is 286 g/mol. The van der Waals surface area contributed by atoms with Crippen molar-refractivity contribution in [2.75, 3.05) is 26.2 Å². The first-order valence-electron chi connectivity index (χ1n) is 7.43. The lowest BCUT2D eigenvalue weighted by molar-refractivity contribution is -0.126. The lowest BCUT2D eigenvalue weighted by atomic mass is 9.95. The molecule has 1 aliphatic rings. The van der Waals surface area contributed by atoms with E-state index in [1.807, 2.05) is 0 Å². The fourth-order valence-electron chi connectivity index (χ4n) is 2.47. The first-order chi connectivity index (χ1) is 10.6. The van der Waals surface area contributed by atoms with Crippen LogP contribution in [0.15, 0.2) is 22.8 Å². The van der Waals surface area contributed by atoms with E-state index in [0.717, 1.165) is 0 Å². The third-order valence-electron chi connectivity index (χ3n) is 3.68. The molecule has 2 heterocycles. The number of carbonyl (C=O) groups is 3. The minimum absolute atomic E-state index is 0.0181.